The summed E-state index contributed by atoms with van der Waals surface area (Å²) in [5.74, 6) is -0.175. The van der Waals surface area contributed by atoms with Crippen LogP contribution in [0.3, 0.4) is 0 Å². The summed E-state index contributed by atoms with van der Waals surface area (Å²) in [5.41, 5.74) is 1.78. The van der Waals surface area contributed by atoms with Crippen LogP contribution in [-0.2, 0) is 14.3 Å². The lowest BCUT2D eigenvalue weighted by Crippen LogP contribution is -2.58. The van der Waals surface area contributed by atoms with Crippen LogP contribution >= 0.6 is 0 Å². The number of pyridine rings is 1. The number of aliphatic hydroxyl groups excluding tert-OH is 1. The van der Waals surface area contributed by atoms with Crippen molar-refractivity contribution in [2.24, 2.45) is 22.7 Å². The predicted octanol–water partition coefficient (Wildman–Crippen LogP) is 4.25. The van der Waals surface area contributed by atoms with E-state index in [2.05, 4.69) is 25.4 Å². The molecule has 2 saturated carbocycles. The molecule has 1 aromatic rings. The second-order valence-electron chi connectivity index (χ2n) is 10.0. The van der Waals surface area contributed by atoms with Gasteiger partial charge in [0.2, 0.25) is 0 Å². The Kier molecular flexibility index (Phi) is 6.26. The fraction of sp³-hybridized carbons (Fsp3) is 0.577. The zero-order valence-electron chi connectivity index (χ0n) is 19.0. The molecule has 0 saturated heterocycles. The number of cyclic esters (lactones) is 1. The van der Waals surface area contributed by atoms with Gasteiger partial charge in [-0.2, -0.15) is 0 Å². The summed E-state index contributed by atoms with van der Waals surface area (Å²) in [6, 6.07) is 3.41. The van der Waals surface area contributed by atoms with Crippen molar-refractivity contribution in [1.82, 2.24) is 4.98 Å². The molecule has 2 heterocycles. The van der Waals surface area contributed by atoms with Gasteiger partial charge < -0.3 is 14.6 Å². The van der Waals surface area contributed by atoms with Crippen LogP contribution in [0.15, 0.2) is 48.3 Å². The van der Waals surface area contributed by atoms with Crippen LogP contribution in [0.4, 0.5) is 0 Å². The van der Waals surface area contributed by atoms with Crippen LogP contribution in [-0.4, -0.2) is 41.3 Å². The molecular weight excluding hydrogens is 406 g/mol. The monoisotopic (exact) mass is 439 g/mol. The molecule has 1 aliphatic heterocycles. The van der Waals surface area contributed by atoms with E-state index in [1.54, 1.807) is 18.3 Å². The van der Waals surface area contributed by atoms with E-state index in [9.17, 15) is 14.7 Å². The molecular formula is C26H33NO5. The second kappa shape index (κ2) is 8.81. The van der Waals surface area contributed by atoms with Crippen molar-refractivity contribution >= 4 is 11.9 Å². The largest absolute Gasteiger partial charge is 0.458 e. The van der Waals surface area contributed by atoms with Gasteiger partial charge in [-0.05, 0) is 74.0 Å². The first-order valence-corrected chi connectivity index (χ1v) is 11.6. The number of hydrogen-bond acceptors (Lipinski definition) is 6. The number of carbonyl (C=O) groups excluding carboxylic acids is 2. The number of ether oxygens (including phenoxy) is 2. The van der Waals surface area contributed by atoms with Crippen LogP contribution in [0, 0.1) is 22.7 Å². The van der Waals surface area contributed by atoms with Gasteiger partial charge in [0.05, 0.1) is 12.2 Å². The molecule has 0 aromatic carbocycles. The Morgan fingerprint density at radius 2 is 2.19 bits per heavy atom. The predicted molar refractivity (Wildman–Crippen MR) is 120 cm³/mol. The van der Waals surface area contributed by atoms with E-state index in [4.69, 9.17) is 9.47 Å². The minimum absolute atomic E-state index is 0.0467. The average Bonchev–Trinajstić information content (AvgIpc) is 3.20. The van der Waals surface area contributed by atoms with Crippen molar-refractivity contribution in [3.63, 3.8) is 0 Å². The number of carbonyl (C=O) groups is 2. The number of hydrogen-bond donors (Lipinski definition) is 1. The molecule has 4 rings (SSSR count). The number of aliphatic hydroxyl groups is 1. The van der Waals surface area contributed by atoms with Crippen molar-refractivity contribution in [2.75, 3.05) is 13.2 Å². The summed E-state index contributed by atoms with van der Waals surface area (Å²) in [5, 5.41) is 10.6. The number of esters is 2. The molecule has 0 spiro atoms. The van der Waals surface area contributed by atoms with E-state index in [0.29, 0.717) is 25.0 Å². The molecule has 1 N–H and O–H groups in total. The molecule has 172 valence electrons. The molecule has 2 aliphatic carbocycles. The third-order valence-corrected chi connectivity index (χ3v) is 8.31. The van der Waals surface area contributed by atoms with Crippen molar-refractivity contribution in [2.45, 2.75) is 58.5 Å². The lowest BCUT2D eigenvalue weighted by molar-refractivity contribution is -0.155. The van der Waals surface area contributed by atoms with E-state index in [1.165, 1.54) is 11.8 Å². The molecule has 0 unspecified atom stereocenters. The van der Waals surface area contributed by atoms with Gasteiger partial charge in [0.25, 0.3) is 0 Å². The van der Waals surface area contributed by atoms with E-state index in [1.807, 2.05) is 6.08 Å². The summed E-state index contributed by atoms with van der Waals surface area (Å²) in [6.07, 6.45) is 9.52. The zero-order chi connectivity index (χ0) is 22.9. The topological polar surface area (TPSA) is 85.7 Å². The highest BCUT2D eigenvalue weighted by atomic mass is 16.5. The van der Waals surface area contributed by atoms with Gasteiger partial charge in [0, 0.05) is 23.4 Å². The normalized spacial score (nSPS) is 34.5. The van der Waals surface area contributed by atoms with Gasteiger partial charge in [0.15, 0.2) is 0 Å². The minimum Gasteiger partial charge on any atom is -0.458 e. The minimum atomic E-state index is -0.546. The van der Waals surface area contributed by atoms with Crippen molar-refractivity contribution in [3.8, 4) is 0 Å². The summed E-state index contributed by atoms with van der Waals surface area (Å²) in [7, 11) is 0. The maximum absolute atomic E-state index is 12.7. The Balaban J connectivity index is 1.54. The first kappa shape index (κ1) is 22.7. The Morgan fingerprint density at radius 1 is 1.38 bits per heavy atom. The van der Waals surface area contributed by atoms with Crippen LogP contribution in [0.1, 0.15) is 62.7 Å². The first-order valence-electron chi connectivity index (χ1n) is 11.6. The van der Waals surface area contributed by atoms with Crippen molar-refractivity contribution in [1.29, 1.82) is 0 Å². The Hall–Kier alpha value is -2.47. The number of aromatic nitrogens is 1. The number of fused-ring (bicyclic) bond motifs is 1. The highest BCUT2D eigenvalue weighted by Crippen LogP contribution is 2.62. The van der Waals surface area contributed by atoms with Crippen LogP contribution in [0.25, 0.3) is 0 Å². The zero-order valence-corrected chi connectivity index (χ0v) is 19.0. The molecule has 32 heavy (non-hydrogen) atoms. The Labute approximate surface area is 189 Å². The summed E-state index contributed by atoms with van der Waals surface area (Å²) in [6.45, 7) is 9.05. The molecule has 0 radical (unpaired) electrons. The van der Waals surface area contributed by atoms with Crippen LogP contribution < -0.4 is 0 Å². The van der Waals surface area contributed by atoms with Gasteiger partial charge in [-0.15, -0.1) is 0 Å². The Bertz CT molecular complexity index is 925. The molecule has 0 bridgehead atoms. The van der Waals surface area contributed by atoms with Crippen LogP contribution in [0.5, 0.6) is 0 Å². The Morgan fingerprint density at radius 3 is 2.84 bits per heavy atom. The average molecular weight is 440 g/mol. The standard InChI is InChI=1S/C26H33NO5/c1-17-6-9-21-25(2,20(17)8-7-18-11-14-31-23(18)29)12-10-22(26(21,3)16-28)32-24(30)19-5-4-13-27-15-19/h4-5,11,13,15,20-22,28H,1,6-10,12,14,16H2,2-3H3/t20-,21-,22-,25+,26+/m1/s1. The van der Waals surface area contributed by atoms with E-state index >= 15 is 0 Å². The van der Waals surface area contributed by atoms with E-state index < -0.39 is 11.4 Å². The highest BCUT2D eigenvalue weighted by molar-refractivity contribution is 5.90. The number of rotatable bonds is 6. The third-order valence-electron chi connectivity index (χ3n) is 8.31. The first-order chi connectivity index (χ1) is 15.3. The van der Waals surface area contributed by atoms with Crippen molar-refractivity contribution in [3.05, 3.63) is 53.9 Å². The molecule has 0 amide bonds. The molecule has 1 aromatic heterocycles. The summed E-state index contributed by atoms with van der Waals surface area (Å²) < 4.78 is 11.0. The molecule has 3 aliphatic rings. The van der Waals surface area contributed by atoms with Gasteiger partial charge in [0.1, 0.15) is 12.7 Å². The molecule has 6 heteroatoms. The fourth-order valence-corrected chi connectivity index (χ4v) is 6.49. The lowest BCUT2D eigenvalue weighted by atomic mass is 9.46. The van der Waals surface area contributed by atoms with E-state index in [0.717, 1.165) is 31.3 Å². The molecule has 5 atom stereocenters. The van der Waals surface area contributed by atoms with E-state index in [-0.39, 0.29) is 35.9 Å². The smallest absolute Gasteiger partial charge is 0.339 e. The summed E-state index contributed by atoms with van der Waals surface area (Å²) in [4.78, 5) is 28.7. The maximum atomic E-state index is 12.7. The molecule has 2 fully saturated rings. The highest BCUT2D eigenvalue weighted by Gasteiger charge is 2.58. The third kappa shape index (κ3) is 3.90. The second-order valence-corrected chi connectivity index (χ2v) is 10.0. The van der Waals surface area contributed by atoms with Crippen LogP contribution in [0.2, 0.25) is 0 Å². The number of allylic oxidation sites excluding steroid dienone is 1. The maximum Gasteiger partial charge on any atom is 0.339 e. The van der Waals surface area contributed by atoms with Gasteiger partial charge in [-0.25, -0.2) is 9.59 Å². The van der Waals surface area contributed by atoms with Gasteiger partial charge in [-0.1, -0.05) is 26.0 Å². The molecule has 6 nitrogen and oxygen atoms in total. The SMILES string of the molecule is C=C1CC[C@H]2[C@](C)(CO)[C@H](OC(=O)c3cccnc3)CC[C@@]2(C)[C@@H]1CCC1=CCOC1=O. The van der Waals surface area contributed by atoms with Crippen molar-refractivity contribution < 1.29 is 24.2 Å². The van der Waals surface area contributed by atoms with Gasteiger partial charge >= 0.3 is 11.9 Å². The quantitative estimate of drug-likeness (QED) is 0.527. The van der Waals surface area contributed by atoms with Gasteiger partial charge in [-0.3, -0.25) is 4.98 Å². The summed E-state index contributed by atoms with van der Waals surface area (Å²) >= 11 is 0. The lowest BCUT2D eigenvalue weighted by Gasteiger charge is -2.60. The number of nitrogens with zero attached hydrogens (tertiary/aromatic N) is 1. The fourth-order valence-electron chi connectivity index (χ4n) is 6.49.